The van der Waals surface area contributed by atoms with E-state index in [-0.39, 0.29) is 5.82 Å². The summed E-state index contributed by atoms with van der Waals surface area (Å²) in [7, 11) is 1.57. The molecular weight excluding hydrogens is 373 g/mol. The van der Waals surface area contributed by atoms with Crippen molar-refractivity contribution in [3.63, 3.8) is 0 Å². The van der Waals surface area contributed by atoms with Crippen LogP contribution < -0.4 is 14.8 Å². The van der Waals surface area contributed by atoms with E-state index in [1.807, 2.05) is 12.1 Å². The average molecular weight is 391 g/mol. The molecule has 7 heteroatoms. The summed E-state index contributed by atoms with van der Waals surface area (Å²) in [6.45, 7) is 0.490. The van der Waals surface area contributed by atoms with Crippen molar-refractivity contribution >= 4 is 22.7 Å². The summed E-state index contributed by atoms with van der Waals surface area (Å²) < 4.78 is 25.3. The molecule has 29 heavy (non-hydrogen) atoms. The Kier molecular flexibility index (Phi) is 5.11. The highest BCUT2D eigenvalue weighted by atomic mass is 19.1. The summed E-state index contributed by atoms with van der Waals surface area (Å²) >= 11 is 0. The van der Waals surface area contributed by atoms with E-state index in [1.165, 1.54) is 12.1 Å². The van der Waals surface area contributed by atoms with Gasteiger partial charge in [-0.3, -0.25) is 10.00 Å². The van der Waals surface area contributed by atoms with Gasteiger partial charge in [-0.2, -0.15) is 5.10 Å². The first-order valence-corrected chi connectivity index (χ1v) is 8.93. The van der Waals surface area contributed by atoms with E-state index in [9.17, 15) is 9.18 Å². The molecule has 3 aromatic carbocycles. The van der Waals surface area contributed by atoms with Crippen LogP contribution in [0.3, 0.4) is 0 Å². The molecule has 1 aromatic heterocycles. The van der Waals surface area contributed by atoms with E-state index in [1.54, 1.807) is 60.5 Å². The van der Waals surface area contributed by atoms with Crippen LogP contribution in [0.2, 0.25) is 0 Å². The Hall–Kier alpha value is -3.87. The Morgan fingerprint density at radius 3 is 2.48 bits per heavy atom. The van der Waals surface area contributed by atoms with Gasteiger partial charge in [0.1, 0.15) is 17.3 Å². The third kappa shape index (κ3) is 4.35. The van der Waals surface area contributed by atoms with Crippen LogP contribution in [0.15, 0.2) is 72.9 Å². The van der Waals surface area contributed by atoms with Crippen molar-refractivity contribution in [2.75, 3.05) is 12.4 Å². The van der Waals surface area contributed by atoms with E-state index < -0.39 is 6.09 Å². The van der Waals surface area contributed by atoms with Crippen molar-refractivity contribution in [3.8, 4) is 11.5 Å². The van der Waals surface area contributed by atoms with Crippen molar-refractivity contribution < 1.29 is 18.7 Å². The topological polar surface area (TPSA) is 65.4 Å². The Bertz CT molecular complexity index is 1140. The smallest absolute Gasteiger partial charge is 0.417 e. The molecule has 1 heterocycles. The lowest BCUT2D eigenvalue weighted by atomic mass is 10.2. The first-order chi connectivity index (χ1) is 14.1. The van der Waals surface area contributed by atoms with Gasteiger partial charge >= 0.3 is 6.09 Å². The van der Waals surface area contributed by atoms with Crippen LogP contribution in [0.4, 0.5) is 14.9 Å². The van der Waals surface area contributed by atoms with Gasteiger partial charge in [0.05, 0.1) is 25.4 Å². The van der Waals surface area contributed by atoms with Crippen molar-refractivity contribution in [3.05, 3.63) is 84.3 Å². The number of benzene rings is 3. The lowest BCUT2D eigenvalue weighted by Gasteiger charge is -2.09. The summed E-state index contributed by atoms with van der Waals surface area (Å²) in [5, 5.41) is 8.03. The molecule has 0 atom stereocenters. The zero-order chi connectivity index (χ0) is 20.2. The van der Waals surface area contributed by atoms with Gasteiger partial charge in [0.25, 0.3) is 0 Å². The van der Waals surface area contributed by atoms with Crippen molar-refractivity contribution in [2.45, 2.75) is 6.54 Å². The van der Waals surface area contributed by atoms with Crippen LogP contribution in [0, 0.1) is 5.82 Å². The molecule has 0 radical (unpaired) electrons. The van der Waals surface area contributed by atoms with E-state index in [0.717, 1.165) is 16.5 Å². The van der Waals surface area contributed by atoms with Crippen LogP contribution in [0.5, 0.6) is 11.5 Å². The highest BCUT2D eigenvalue weighted by Gasteiger charge is 2.09. The molecule has 6 nitrogen and oxygen atoms in total. The van der Waals surface area contributed by atoms with E-state index in [2.05, 4.69) is 10.4 Å². The molecule has 0 aliphatic rings. The van der Waals surface area contributed by atoms with Gasteiger partial charge in [0.2, 0.25) is 0 Å². The molecule has 0 unspecified atom stereocenters. The van der Waals surface area contributed by atoms with E-state index >= 15 is 0 Å². The monoisotopic (exact) mass is 391 g/mol. The highest BCUT2D eigenvalue weighted by molar-refractivity contribution is 5.90. The van der Waals surface area contributed by atoms with Crippen LogP contribution >= 0.6 is 0 Å². The van der Waals surface area contributed by atoms with E-state index in [4.69, 9.17) is 9.47 Å². The molecule has 0 bridgehead atoms. The van der Waals surface area contributed by atoms with Gasteiger partial charge < -0.3 is 9.47 Å². The fourth-order valence-corrected chi connectivity index (χ4v) is 2.93. The number of halogens is 1. The third-order valence-corrected chi connectivity index (χ3v) is 4.41. The Morgan fingerprint density at radius 1 is 1.03 bits per heavy atom. The standard InChI is InChI=1S/C22H18FN3O3/c1-28-19-8-10-20(11-9-19)29-22(27)25-18-7-4-16-13-24-26(21(16)12-18)14-15-2-5-17(23)6-3-15/h2-13H,14H2,1H3,(H,25,27). The summed E-state index contributed by atoms with van der Waals surface area (Å²) in [4.78, 5) is 12.2. The number of carbonyl (C=O) groups excluding carboxylic acids is 1. The highest BCUT2D eigenvalue weighted by Crippen LogP contribution is 2.21. The molecule has 1 N–H and O–H groups in total. The van der Waals surface area contributed by atoms with Crippen LogP contribution in [-0.2, 0) is 6.54 Å². The number of aromatic nitrogens is 2. The zero-order valence-electron chi connectivity index (χ0n) is 15.6. The van der Waals surface area contributed by atoms with Crippen molar-refractivity contribution in [1.82, 2.24) is 9.78 Å². The van der Waals surface area contributed by atoms with Gasteiger partial charge in [0, 0.05) is 11.1 Å². The van der Waals surface area contributed by atoms with Gasteiger partial charge in [0.15, 0.2) is 0 Å². The molecule has 4 rings (SSSR count). The normalized spacial score (nSPS) is 10.7. The molecule has 1 amide bonds. The largest absolute Gasteiger partial charge is 0.497 e. The van der Waals surface area contributed by atoms with Gasteiger partial charge in [-0.25, -0.2) is 9.18 Å². The molecule has 146 valence electrons. The van der Waals surface area contributed by atoms with Crippen LogP contribution in [-0.4, -0.2) is 23.0 Å². The number of hydrogen-bond acceptors (Lipinski definition) is 4. The molecule has 0 spiro atoms. The minimum absolute atomic E-state index is 0.277. The van der Waals surface area contributed by atoms with Gasteiger partial charge in [-0.1, -0.05) is 12.1 Å². The van der Waals surface area contributed by atoms with Crippen molar-refractivity contribution in [2.24, 2.45) is 0 Å². The van der Waals surface area contributed by atoms with E-state index in [0.29, 0.717) is 23.7 Å². The average Bonchev–Trinajstić information content (AvgIpc) is 3.12. The molecule has 0 aliphatic heterocycles. The second-order valence-corrected chi connectivity index (χ2v) is 6.39. The fourth-order valence-electron chi connectivity index (χ4n) is 2.93. The minimum Gasteiger partial charge on any atom is -0.497 e. The number of fused-ring (bicyclic) bond motifs is 1. The number of anilines is 1. The number of nitrogens with one attached hydrogen (secondary N) is 1. The summed E-state index contributed by atoms with van der Waals surface area (Å²) in [5.41, 5.74) is 2.35. The Balaban J connectivity index is 1.48. The van der Waals surface area contributed by atoms with Crippen LogP contribution in [0.25, 0.3) is 10.9 Å². The molecule has 0 fully saturated rings. The predicted molar refractivity (Wildman–Crippen MR) is 108 cm³/mol. The number of methoxy groups -OCH3 is 1. The first kappa shape index (κ1) is 18.5. The minimum atomic E-state index is -0.598. The maximum Gasteiger partial charge on any atom is 0.417 e. The lowest BCUT2D eigenvalue weighted by Crippen LogP contribution is -2.16. The summed E-state index contributed by atoms with van der Waals surface area (Å²) in [6.07, 6.45) is 1.15. The summed E-state index contributed by atoms with van der Waals surface area (Å²) in [6, 6.07) is 18.5. The SMILES string of the molecule is COc1ccc(OC(=O)Nc2ccc3cnn(Cc4ccc(F)cc4)c3c2)cc1. The van der Waals surface area contributed by atoms with Gasteiger partial charge in [-0.05, 0) is 60.2 Å². The number of rotatable bonds is 5. The Labute approximate surface area is 166 Å². The lowest BCUT2D eigenvalue weighted by molar-refractivity contribution is 0.215. The zero-order valence-corrected chi connectivity index (χ0v) is 15.6. The third-order valence-electron chi connectivity index (χ3n) is 4.41. The Morgan fingerprint density at radius 2 is 1.76 bits per heavy atom. The predicted octanol–water partition coefficient (Wildman–Crippen LogP) is 4.84. The van der Waals surface area contributed by atoms with Gasteiger partial charge in [-0.15, -0.1) is 0 Å². The maximum absolute atomic E-state index is 13.1. The number of carbonyl (C=O) groups is 1. The number of hydrogen-bond donors (Lipinski definition) is 1. The maximum atomic E-state index is 13.1. The van der Waals surface area contributed by atoms with Crippen LogP contribution in [0.1, 0.15) is 5.56 Å². The molecule has 0 saturated carbocycles. The number of amides is 1. The number of nitrogens with zero attached hydrogens (tertiary/aromatic N) is 2. The summed E-state index contributed by atoms with van der Waals surface area (Å²) in [5.74, 6) is 0.810. The fraction of sp³-hybridized carbons (Fsp3) is 0.0909. The van der Waals surface area contributed by atoms with Crippen molar-refractivity contribution in [1.29, 1.82) is 0 Å². The second kappa shape index (κ2) is 8.02. The molecule has 0 saturated heterocycles. The quantitative estimate of drug-likeness (QED) is 0.529. The molecule has 0 aliphatic carbocycles. The first-order valence-electron chi connectivity index (χ1n) is 8.93. The molecule has 4 aromatic rings. The second-order valence-electron chi connectivity index (χ2n) is 6.39. The number of ether oxygens (including phenoxy) is 2. The molecular formula is C22H18FN3O3.